The van der Waals surface area contributed by atoms with Gasteiger partial charge in [0.1, 0.15) is 5.58 Å². The van der Waals surface area contributed by atoms with Crippen LogP contribution >= 0.6 is 0 Å². The molecule has 0 bridgehead atoms. The molecule has 3 heterocycles. The number of pyridine rings is 1. The van der Waals surface area contributed by atoms with Gasteiger partial charge < -0.3 is 14.0 Å². The minimum absolute atomic E-state index is 0. The Labute approximate surface area is 385 Å². The molecule has 0 fully saturated rings. The number of aryl methyl sites for hydroxylation is 4. The van der Waals surface area contributed by atoms with E-state index in [9.17, 15) is 0 Å². The Morgan fingerprint density at radius 1 is 0.587 bits per heavy atom. The van der Waals surface area contributed by atoms with E-state index >= 15 is 0 Å². The fourth-order valence-electron chi connectivity index (χ4n) is 8.44. The van der Waals surface area contributed by atoms with Crippen molar-refractivity contribution >= 4 is 33.0 Å². The van der Waals surface area contributed by atoms with Crippen LogP contribution in [0.15, 0.2) is 156 Å². The van der Waals surface area contributed by atoms with Crippen LogP contribution < -0.4 is 0 Å². The van der Waals surface area contributed by atoms with E-state index in [1.807, 2.05) is 30.5 Å². The van der Waals surface area contributed by atoms with Gasteiger partial charge in [0.05, 0.1) is 22.4 Å². The number of hydrogen-bond acceptors (Lipinski definition) is 3. The van der Waals surface area contributed by atoms with Gasteiger partial charge >= 0.3 is 0 Å². The van der Waals surface area contributed by atoms with Crippen LogP contribution in [0.4, 0.5) is 0 Å². The van der Waals surface area contributed by atoms with Crippen molar-refractivity contribution in [2.75, 3.05) is 0 Å². The second-order valence-electron chi connectivity index (χ2n) is 17.1. The van der Waals surface area contributed by atoms with Gasteiger partial charge in [-0.1, -0.05) is 142 Å². The SMILES string of the molecule is Cc1c[c-]c(-c2cc(C)c(C)cn2)cc1.Cc1cccc2nc(-c3[c-]ccc4c3oc3ccccc34)n(-c3c(C(C)C)cc(-c4ccc(-c5ccccc5)cc4)cc3C(C)C)c12.[Ir]. The van der Waals surface area contributed by atoms with Crippen LogP contribution in [-0.2, 0) is 20.1 Å². The number of fused-ring (bicyclic) bond motifs is 4. The van der Waals surface area contributed by atoms with Gasteiger partial charge in [-0.05, 0) is 107 Å². The molecule has 315 valence electrons. The van der Waals surface area contributed by atoms with Crippen LogP contribution in [0, 0.1) is 39.8 Å². The molecular weight excluding hydrogens is 947 g/mol. The Balaban J connectivity index is 0.000000288. The number of imidazole rings is 1. The Bertz CT molecular complexity index is 3180. The van der Waals surface area contributed by atoms with Crippen molar-refractivity contribution in [2.45, 2.75) is 67.2 Å². The molecule has 0 aliphatic carbocycles. The molecule has 10 aromatic rings. The molecule has 0 saturated heterocycles. The van der Waals surface area contributed by atoms with E-state index in [2.05, 4.69) is 198 Å². The van der Waals surface area contributed by atoms with E-state index in [1.54, 1.807) is 0 Å². The van der Waals surface area contributed by atoms with Gasteiger partial charge in [-0.25, -0.2) is 0 Å². The fraction of sp³-hybridized carbons (Fsp3) is 0.172. The van der Waals surface area contributed by atoms with Gasteiger partial charge in [-0.15, -0.1) is 53.6 Å². The molecule has 0 aliphatic rings. The predicted octanol–water partition coefficient (Wildman–Crippen LogP) is 15.8. The smallest absolute Gasteiger partial charge is 0.120 e. The van der Waals surface area contributed by atoms with Crippen molar-refractivity contribution in [2.24, 2.45) is 0 Å². The molecule has 10 rings (SSSR count). The summed E-state index contributed by atoms with van der Waals surface area (Å²) in [6.45, 7) is 17.6. The summed E-state index contributed by atoms with van der Waals surface area (Å²) in [4.78, 5) is 9.74. The first kappa shape index (κ1) is 43.3. The summed E-state index contributed by atoms with van der Waals surface area (Å²) in [5, 5.41) is 2.18. The van der Waals surface area contributed by atoms with Crippen molar-refractivity contribution in [1.29, 1.82) is 0 Å². The van der Waals surface area contributed by atoms with Gasteiger partial charge in [0.15, 0.2) is 0 Å². The predicted molar refractivity (Wildman–Crippen MR) is 259 cm³/mol. The molecular formula is C58H51IrN3O-2. The van der Waals surface area contributed by atoms with E-state index in [4.69, 9.17) is 9.40 Å². The maximum absolute atomic E-state index is 6.54. The van der Waals surface area contributed by atoms with E-state index in [1.165, 1.54) is 61.3 Å². The summed E-state index contributed by atoms with van der Waals surface area (Å²) in [5.41, 5.74) is 20.3. The van der Waals surface area contributed by atoms with Gasteiger partial charge in [-0.2, -0.15) is 0 Å². The molecule has 5 heteroatoms. The van der Waals surface area contributed by atoms with Crippen LogP contribution in [0.2, 0.25) is 0 Å². The fourth-order valence-corrected chi connectivity index (χ4v) is 8.44. The second kappa shape index (κ2) is 18.1. The van der Waals surface area contributed by atoms with Gasteiger partial charge in [0.2, 0.25) is 0 Å². The number of nitrogens with zero attached hydrogens (tertiary/aromatic N) is 3. The first-order chi connectivity index (χ1) is 30.0. The van der Waals surface area contributed by atoms with Crippen molar-refractivity contribution < 1.29 is 24.5 Å². The number of hydrogen-bond donors (Lipinski definition) is 0. The molecule has 0 atom stereocenters. The van der Waals surface area contributed by atoms with E-state index < -0.39 is 0 Å². The standard InChI is InChI=1S/C44H37N2O.C14H14N.Ir/c1-27(2)37-25-33(32-23-21-31(22-24-32)30-14-7-6-8-15-30)26-38(28(3)4)42(37)46-41-29(5)13-11-19-39(41)45-44(46)36-18-12-17-35-34-16-9-10-20-40(34)47-43(35)36;1-10-4-6-13(7-5-10)14-8-11(2)12(3)9-15-14;/h6-17,19-28H,1-5H3;4-6,8-9H,1-3H3;/q2*-1;. The molecule has 63 heavy (non-hydrogen) atoms. The summed E-state index contributed by atoms with van der Waals surface area (Å²) >= 11 is 0. The van der Waals surface area contributed by atoms with Gasteiger partial charge in [0.25, 0.3) is 0 Å². The average Bonchev–Trinajstić information content (AvgIpc) is 3.87. The zero-order chi connectivity index (χ0) is 43.1. The molecule has 7 aromatic carbocycles. The molecule has 0 saturated carbocycles. The number of benzene rings is 7. The number of furan rings is 1. The van der Waals surface area contributed by atoms with E-state index in [0.717, 1.165) is 55.6 Å². The molecule has 0 spiro atoms. The Morgan fingerprint density at radius 3 is 1.92 bits per heavy atom. The zero-order valence-electron chi connectivity index (χ0n) is 37.2. The average molecular weight is 998 g/mol. The van der Waals surface area contributed by atoms with Crippen molar-refractivity contribution in [3.05, 3.63) is 197 Å². The van der Waals surface area contributed by atoms with Crippen molar-refractivity contribution in [3.63, 3.8) is 0 Å². The summed E-state index contributed by atoms with van der Waals surface area (Å²) in [6.07, 6.45) is 1.92. The third-order valence-electron chi connectivity index (χ3n) is 12.0. The van der Waals surface area contributed by atoms with Crippen LogP contribution in [-0.4, -0.2) is 14.5 Å². The number of aromatic nitrogens is 3. The summed E-state index contributed by atoms with van der Waals surface area (Å²) in [7, 11) is 0. The minimum atomic E-state index is 0. The third kappa shape index (κ3) is 8.44. The molecule has 0 unspecified atom stereocenters. The molecule has 4 nitrogen and oxygen atoms in total. The summed E-state index contributed by atoms with van der Waals surface area (Å²) < 4.78 is 8.94. The van der Waals surface area contributed by atoms with E-state index in [-0.39, 0.29) is 31.9 Å². The largest absolute Gasteiger partial charge is 0.501 e. The quantitative estimate of drug-likeness (QED) is 0.149. The Hall–Kier alpha value is -6.39. The van der Waals surface area contributed by atoms with Gasteiger partial charge in [-0.3, -0.25) is 4.98 Å². The Kier molecular flexibility index (Phi) is 12.5. The third-order valence-corrected chi connectivity index (χ3v) is 12.0. The van der Waals surface area contributed by atoms with Crippen molar-refractivity contribution in [3.8, 4) is 50.6 Å². The Morgan fingerprint density at radius 2 is 1.25 bits per heavy atom. The first-order valence-electron chi connectivity index (χ1n) is 21.6. The normalized spacial score (nSPS) is 11.3. The van der Waals surface area contributed by atoms with Crippen LogP contribution in [0.1, 0.15) is 72.9 Å². The molecule has 0 N–H and O–H groups in total. The molecule has 0 amide bonds. The van der Waals surface area contributed by atoms with Crippen LogP contribution in [0.3, 0.4) is 0 Å². The molecule has 1 radical (unpaired) electrons. The topological polar surface area (TPSA) is 43.9 Å². The first-order valence-corrected chi connectivity index (χ1v) is 21.6. The summed E-state index contributed by atoms with van der Waals surface area (Å²) in [6, 6.07) is 58.1. The second-order valence-corrected chi connectivity index (χ2v) is 17.1. The van der Waals surface area contributed by atoms with Gasteiger partial charge in [0, 0.05) is 37.4 Å². The van der Waals surface area contributed by atoms with Crippen LogP contribution in [0.25, 0.3) is 83.6 Å². The number of rotatable bonds is 7. The van der Waals surface area contributed by atoms with E-state index in [0.29, 0.717) is 0 Å². The minimum Gasteiger partial charge on any atom is -0.501 e. The maximum Gasteiger partial charge on any atom is 0.120 e. The number of para-hydroxylation sites is 2. The maximum atomic E-state index is 6.54. The van der Waals surface area contributed by atoms with Crippen LogP contribution in [0.5, 0.6) is 0 Å². The molecule has 0 aliphatic heterocycles. The zero-order valence-corrected chi connectivity index (χ0v) is 39.6. The molecule has 3 aromatic heterocycles. The summed E-state index contributed by atoms with van der Waals surface area (Å²) in [5.74, 6) is 1.39. The monoisotopic (exact) mass is 998 g/mol. The van der Waals surface area contributed by atoms with Crippen molar-refractivity contribution in [1.82, 2.24) is 14.5 Å².